The molecular weight excluding hydrogens is 270 g/mol. The van der Waals surface area contributed by atoms with Crippen LogP contribution >= 0.6 is 0 Å². The number of aryl methyl sites for hydroxylation is 1. The predicted molar refractivity (Wildman–Crippen MR) is 80.3 cm³/mol. The van der Waals surface area contributed by atoms with Gasteiger partial charge in [0.2, 0.25) is 5.91 Å². The van der Waals surface area contributed by atoms with Gasteiger partial charge in [-0.2, -0.15) is 0 Å². The summed E-state index contributed by atoms with van der Waals surface area (Å²) in [6, 6.07) is 6.70. The largest absolute Gasteiger partial charge is 0.493 e. The predicted octanol–water partition coefficient (Wildman–Crippen LogP) is 2.38. The standard InChI is InChI=1S/C16H23NO4/c1-4-11(2)15(16(19)20)17-14(18)9-10-21-13-8-6-5-7-12(13)3/h5-8,11,15H,4,9-10H2,1-3H3,(H,17,18)(H,19,20). The fourth-order valence-electron chi connectivity index (χ4n) is 1.90. The Morgan fingerprint density at radius 2 is 2.00 bits per heavy atom. The Kier molecular flexibility index (Phi) is 6.72. The maximum absolute atomic E-state index is 11.8. The third-order valence-corrected chi connectivity index (χ3v) is 3.48. The Bertz CT molecular complexity index is 487. The molecular formula is C16H23NO4. The van der Waals surface area contributed by atoms with Gasteiger partial charge in [-0.25, -0.2) is 4.79 Å². The molecule has 5 nitrogen and oxygen atoms in total. The topological polar surface area (TPSA) is 75.6 Å². The molecule has 0 aliphatic carbocycles. The first-order valence-corrected chi connectivity index (χ1v) is 7.16. The van der Waals surface area contributed by atoms with Gasteiger partial charge in [0, 0.05) is 0 Å². The van der Waals surface area contributed by atoms with Gasteiger partial charge in [-0.1, -0.05) is 38.5 Å². The number of hydrogen-bond donors (Lipinski definition) is 2. The van der Waals surface area contributed by atoms with Crippen LogP contribution in [0.15, 0.2) is 24.3 Å². The van der Waals surface area contributed by atoms with Crippen molar-refractivity contribution in [1.29, 1.82) is 0 Å². The molecule has 0 aromatic heterocycles. The van der Waals surface area contributed by atoms with Crippen LogP contribution in [0.1, 0.15) is 32.3 Å². The number of amides is 1. The summed E-state index contributed by atoms with van der Waals surface area (Å²) in [5.41, 5.74) is 1.00. The number of carbonyl (C=O) groups is 2. The SMILES string of the molecule is CCC(C)C(NC(=O)CCOc1ccccc1C)C(=O)O. The number of benzene rings is 1. The van der Waals surface area contributed by atoms with Crippen molar-refractivity contribution >= 4 is 11.9 Å². The number of ether oxygens (including phenoxy) is 1. The van der Waals surface area contributed by atoms with Crippen molar-refractivity contribution in [3.05, 3.63) is 29.8 Å². The Balaban J connectivity index is 2.43. The maximum atomic E-state index is 11.8. The van der Waals surface area contributed by atoms with E-state index in [1.165, 1.54) is 0 Å². The van der Waals surface area contributed by atoms with E-state index < -0.39 is 12.0 Å². The van der Waals surface area contributed by atoms with Crippen LogP contribution in [0.4, 0.5) is 0 Å². The van der Waals surface area contributed by atoms with E-state index in [2.05, 4.69) is 5.32 Å². The second-order valence-corrected chi connectivity index (χ2v) is 5.13. The lowest BCUT2D eigenvalue weighted by Gasteiger charge is -2.20. The van der Waals surface area contributed by atoms with Crippen molar-refractivity contribution in [2.45, 2.75) is 39.7 Å². The molecule has 1 aromatic carbocycles. The molecule has 0 radical (unpaired) electrons. The van der Waals surface area contributed by atoms with Gasteiger partial charge < -0.3 is 15.2 Å². The lowest BCUT2D eigenvalue weighted by Crippen LogP contribution is -2.45. The number of nitrogens with one attached hydrogen (secondary N) is 1. The van der Waals surface area contributed by atoms with Crippen molar-refractivity contribution in [3.63, 3.8) is 0 Å². The minimum Gasteiger partial charge on any atom is -0.493 e. The zero-order chi connectivity index (χ0) is 15.8. The summed E-state index contributed by atoms with van der Waals surface area (Å²) in [6.45, 7) is 5.86. The average molecular weight is 293 g/mol. The zero-order valence-corrected chi connectivity index (χ0v) is 12.8. The quantitative estimate of drug-likeness (QED) is 0.771. The van der Waals surface area contributed by atoms with E-state index in [1.54, 1.807) is 0 Å². The summed E-state index contributed by atoms with van der Waals surface area (Å²) in [5.74, 6) is -0.681. The lowest BCUT2D eigenvalue weighted by molar-refractivity contribution is -0.143. The molecule has 0 saturated carbocycles. The van der Waals surface area contributed by atoms with E-state index in [4.69, 9.17) is 9.84 Å². The fourth-order valence-corrected chi connectivity index (χ4v) is 1.90. The smallest absolute Gasteiger partial charge is 0.326 e. The van der Waals surface area contributed by atoms with Gasteiger partial charge >= 0.3 is 5.97 Å². The van der Waals surface area contributed by atoms with Gasteiger partial charge in [0.05, 0.1) is 13.0 Å². The summed E-state index contributed by atoms with van der Waals surface area (Å²) in [5, 5.41) is 11.7. The van der Waals surface area contributed by atoms with Crippen LogP contribution in [0.3, 0.4) is 0 Å². The highest BCUT2D eigenvalue weighted by Gasteiger charge is 2.24. The summed E-state index contributed by atoms with van der Waals surface area (Å²) in [4.78, 5) is 22.9. The number of hydrogen-bond acceptors (Lipinski definition) is 3. The summed E-state index contributed by atoms with van der Waals surface area (Å²) < 4.78 is 5.53. The molecule has 2 unspecified atom stereocenters. The number of aliphatic carboxylic acids is 1. The van der Waals surface area contributed by atoms with Gasteiger partial charge in [-0.3, -0.25) is 4.79 Å². The van der Waals surface area contributed by atoms with E-state index >= 15 is 0 Å². The molecule has 1 rings (SSSR count). The molecule has 116 valence electrons. The van der Waals surface area contributed by atoms with Crippen LogP contribution in [0.5, 0.6) is 5.75 Å². The molecule has 0 aliphatic rings. The molecule has 1 aromatic rings. The summed E-state index contributed by atoms with van der Waals surface area (Å²) >= 11 is 0. The number of carbonyl (C=O) groups excluding carboxylic acids is 1. The highest BCUT2D eigenvalue weighted by Crippen LogP contribution is 2.16. The molecule has 0 heterocycles. The van der Waals surface area contributed by atoms with E-state index in [0.717, 1.165) is 11.3 Å². The molecule has 0 bridgehead atoms. The minimum absolute atomic E-state index is 0.108. The molecule has 1 amide bonds. The van der Waals surface area contributed by atoms with Crippen LogP contribution in [0.25, 0.3) is 0 Å². The third-order valence-electron chi connectivity index (χ3n) is 3.48. The highest BCUT2D eigenvalue weighted by molar-refractivity contribution is 5.83. The van der Waals surface area contributed by atoms with Gasteiger partial charge in [-0.05, 0) is 24.5 Å². The van der Waals surface area contributed by atoms with E-state index in [-0.39, 0.29) is 24.9 Å². The first-order chi connectivity index (χ1) is 9.95. The van der Waals surface area contributed by atoms with Gasteiger partial charge in [0.1, 0.15) is 11.8 Å². The molecule has 0 spiro atoms. The Labute approximate surface area is 125 Å². The molecule has 0 saturated heterocycles. The minimum atomic E-state index is -1.00. The highest BCUT2D eigenvalue weighted by atomic mass is 16.5. The average Bonchev–Trinajstić information content (AvgIpc) is 2.45. The van der Waals surface area contributed by atoms with Gasteiger partial charge in [0.15, 0.2) is 0 Å². The van der Waals surface area contributed by atoms with E-state index in [1.807, 2.05) is 45.0 Å². The molecule has 0 aliphatic heterocycles. The summed E-state index contributed by atoms with van der Waals surface area (Å²) in [6.07, 6.45) is 0.825. The zero-order valence-electron chi connectivity index (χ0n) is 12.8. The Hall–Kier alpha value is -2.04. The van der Waals surface area contributed by atoms with Crippen LogP contribution in [0, 0.1) is 12.8 Å². The van der Waals surface area contributed by atoms with Crippen molar-refractivity contribution in [1.82, 2.24) is 5.32 Å². The van der Waals surface area contributed by atoms with Crippen LogP contribution in [0.2, 0.25) is 0 Å². The molecule has 5 heteroatoms. The van der Waals surface area contributed by atoms with Crippen molar-refractivity contribution in [2.75, 3.05) is 6.61 Å². The Morgan fingerprint density at radius 3 is 2.57 bits per heavy atom. The fraction of sp³-hybridized carbons (Fsp3) is 0.500. The molecule has 2 atom stereocenters. The lowest BCUT2D eigenvalue weighted by atomic mass is 9.99. The number of para-hydroxylation sites is 1. The van der Waals surface area contributed by atoms with Crippen LogP contribution in [-0.4, -0.2) is 29.6 Å². The van der Waals surface area contributed by atoms with Gasteiger partial charge in [0.25, 0.3) is 0 Å². The van der Waals surface area contributed by atoms with Crippen molar-refractivity contribution in [3.8, 4) is 5.75 Å². The number of rotatable bonds is 8. The maximum Gasteiger partial charge on any atom is 0.326 e. The van der Waals surface area contributed by atoms with Crippen molar-refractivity contribution in [2.24, 2.45) is 5.92 Å². The number of carboxylic acid groups (broad SMARTS) is 1. The monoisotopic (exact) mass is 293 g/mol. The molecule has 2 N–H and O–H groups in total. The first kappa shape index (κ1) is 17.0. The number of carboxylic acids is 1. The third kappa shape index (κ3) is 5.45. The van der Waals surface area contributed by atoms with Crippen molar-refractivity contribution < 1.29 is 19.4 Å². The van der Waals surface area contributed by atoms with E-state index in [0.29, 0.717) is 6.42 Å². The molecule has 21 heavy (non-hydrogen) atoms. The van der Waals surface area contributed by atoms with Gasteiger partial charge in [-0.15, -0.1) is 0 Å². The first-order valence-electron chi connectivity index (χ1n) is 7.16. The Morgan fingerprint density at radius 1 is 1.33 bits per heavy atom. The second kappa shape index (κ2) is 8.29. The van der Waals surface area contributed by atoms with Crippen LogP contribution < -0.4 is 10.1 Å². The normalized spacial score (nSPS) is 13.3. The second-order valence-electron chi connectivity index (χ2n) is 5.13. The summed E-state index contributed by atoms with van der Waals surface area (Å²) in [7, 11) is 0. The van der Waals surface area contributed by atoms with Crippen LogP contribution in [-0.2, 0) is 9.59 Å². The molecule has 0 fully saturated rings. The van der Waals surface area contributed by atoms with E-state index in [9.17, 15) is 9.59 Å².